The first-order valence-electron chi connectivity index (χ1n) is 9.57. The molecule has 1 amide bonds. The molecule has 0 saturated carbocycles. The maximum absolute atomic E-state index is 13.2. The van der Waals surface area contributed by atoms with E-state index in [1.165, 1.54) is 0 Å². The van der Waals surface area contributed by atoms with Crippen molar-refractivity contribution in [2.45, 2.75) is 27.7 Å². The molecule has 6 nitrogen and oxygen atoms in total. The molecule has 1 N–H and O–H groups in total. The van der Waals surface area contributed by atoms with E-state index in [-0.39, 0.29) is 5.91 Å². The third-order valence-electron chi connectivity index (χ3n) is 4.55. The van der Waals surface area contributed by atoms with Gasteiger partial charge in [0.05, 0.1) is 12.8 Å². The summed E-state index contributed by atoms with van der Waals surface area (Å²) in [5.74, 6) is 0.879. The third-order valence-corrected chi connectivity index (χ3v) is 4.55. The number of rotatable bonds is 6. The first kappa shape index (κ1) is 20.3. The van der Waals surface area contributed by atoms with Gasteiger partial charge in [-0.1, -0.05) is 18.2 Å². The number of carbonyl (C=O) groups is 1. The topological polar surface area (TPSA) is 67.4 Å². The lowest BCUT2D eigenvalue weighted by Gasteiger charge is -2.21. The van der Waals surface area contributed by atoms with Crippen LogP contribution in [0.3, 0.4) is 0 Å². The Balaban J connectivity index is 1.94. The Hall–Kier alpha value is -3.41. The monoisotopic (exact) mass is 390 g/mol. The van der Waals surface area contributed by atoms with Crippen molar-refractivity contribution < 1.29 is 9.53 Å². The number of hydrogen-bond donors (Lipinski definition) is 1. The molecule has 0 fully saturated rings. The van der Waals surface area contributed by atoms with Gasteiger partial charge in [-0.15, -0.1) is 0 Å². The Labute approximate surface area is 171 Å². The first-order chi connectivity index (χ1) is 13.9. The summed E-state index contributed by atoms with van der Waals surface area (Å²) >= 11 is 0. The highest BCUT2D eigenvalue weighted by Crippen LogP contribution is 2.28. The fraction of sp³-hybridized carbons (Fsp3) is 0.261. The Morgan fingerprint density at radius 2 is 1.79 bits per heavy atom. The predicted molar refractivity (Wildman–Crippen MR) is 116 cm³/mol. The second kappa shape index (κ2) is 8.73. The fourth-order valence-corrected chi connectivity index (χ4v) is 3.15. The summed E-state index contributed by atoms with van der Waals surface area (Å²) in [5.41, 5.74) is 4.83. The summed E-state index contributed by atoms with van der Waals surface area (Å²) in [6.45, 7) is 8.34. The Bertz CT molecular complexity index is 1030. The van der Waals surface area contributed by atoms with E-state index in [0.717, 1.165) is 22.5 Å². The maximum atomic E-state index is 13.2. The highest BCUT2D eigenvalue weighted by atomic mass is 16.5. The molecule has 0 atom stereocenters. The average Bonchev–Trinajstić information content (AvgIpc) is 2.68. The normalized spacial score (nSPS) is 10.5. The van der Waals surface area contributed by atoms with Crippen molar-refractivity contribution in [2.24, 2.45) is 0 Å². The number of methoxy groups -OCH3 is 1. The number of nitrogens with one attached hydrogen (secondary N) is 1. The molecule has 0 bridgehead atoms. The highest BCUT2D eigenvalue weighted by molar-refractivity contribution is 6.05. The number of amides is 1. The fourth-order valence-electron chi connectivity index (χ4n) is 3.15. The van der Waals surface area contributed by atoms with Crippen molar-refractivity contribution in [3.05, 3.63) is 71.0 Å². The molecular formula is C23H26N4O2. The van der Waals surface area contributed by atoms with Crippen molar-refractivity contribution in [3.8, 4) is 5.75 Å². The summed E-state index contributed by atoms with van der Waals surface area (Å²) in [6.07, 6.45) is 0. The van der Waals surface area contributed by atoms with E-state index in [1.54, 1.807) is 18.1 Å². The molecule has 2 aromatic carbocycles. The number of nitrogens with zero attached hydrogens (tertiary/aromatic N) is 3. The van der Waals surface area contributed by atoms with Gasteiger partial charge in [-0.2, -0.15) is 0 Å². The zero-order valence-electron chi connectivity index (χ0n) is 17.5. The lowest BCUT2D eigenvalue weighted by molar-refractivity contribution is 0.0983. The van der Waals surface area contributed by atoms with E-state index in [4.69, 9.17) is 4.74 Å². The van der Waals surface area contributed by atoms with Crippen LogP contribution in [-0.4, -0.2) is 29.5 Å². The van der Waals surface area contributed by atoms with Crippen molar-refractivity contribution in [1.82, 2.24) is 9.97 Å². The lowest BCUT2D eigenvalue weighted by atomic mass is 10.2. The van der Waals surface area contributed by atoms with Crippen LogP contribution in [0.4, 0.5) is 17.3 Å². The van der Waals surface area contributed by atoms with Gasteiger partial charge >= 0.3 is 0 Å². The molecule has 3 rings (SSSR count). The summed E-state index contributed by atoms with van der Waals surface area (Å²) in [6, 6.07) is 15.4. The van der Waals surface area contributed by atoms with Crippen LogP contribution < -0.4 is 15.0 Å². The molecule has 0 aliphatic rings. The first-order valence-corrected chi connectivity index (χ1v) is 9.57. The van der Waals surface area contributed by atoms with E-state index >= 15 is 0 Å². The van der Waals surface area contributed by atoms with Crippen LogP contribution in [0.15, 0.2) is 48.5 Å². The molecule has 1 heterocycles. The second-order valence-electron chi connectivity index (χ2n) is 6.94. The molecule has 29 heavy (non-hydrogen) atoms. The SMILES string of the molecule is CCN(C(=O)c1cc(C)nc(Nc2cc(C)ccc2OC)n1)c1cccc(C)c1. The van der Waals surface area contributed by atoms with Crippen molar-refractivity contribution in [3.63, 3.8) is 0 Å². The van der Waals surface area contributed by atoms with Gasteiger partial charge in [-0.3, -0.25) is 4.79 Å². The van der Waals surface area contributed by atoms with Crippen LogP contribution in [0.2, 0.25) is 0 Å². The van der Waals surface area contributed by atoms with Crippen molar-refractivity contribution >= 4 is 23.2 Å². The summed E-state index contributed by atoms with van der Waals surface area (Å²) in [4.78, 5) is 23.8. The maximum Gasteiger partial charge on any atom is 0.277 e. The van der Waals surface area contributed by atoms with E-state index in [0.29, 0.717) is 29.6 Å². The van der Waals surface area contributed by atoms with E-state index in [2.05, 4.69) is 15.3 Å². The molecule has 0 saturated heterocycles. The standard InChI is InChI=1S/C23H26N4O2/c1-6-27(18-9-7-8-15(2)12-18)22(28)20-14-17(4)24-23(26-20)25-19-13-16(3)10-11-21(19)29-5/h7-14H,6H2,1-5H3,(H,24,25,26). The van der Waals surface area contributed by atoms with Crippen LogP contribution >= 0.6 is 0 Å². The van der Waals surface area contributed by atoms with Gasteiger partial charge in [0.15, 0.2) is 0 Å². The predicted octanol–water partition coefficient (Wildman–Crippen LogP) is 4.82. The Morgan fingerprint density at radius 1 is 1.03 bits per heavy atom. The highest BCUT2D eigenvalue weighted by Gasteiger charge is 2.19. The minimum absolute atomic E-state index is 0.164. The van der Waals surface area contributed by atoms with Crippen LogP contribution in [0.25, 0.3) is 0 Å². The molecular weight excluding hydrogens is 364 g/mol. The third kappa shape index (κ3) is 4.71. The lowest BCUT2D eigenvalue weighted by Crippen LogP contribution is -2.31. The minimum atomic E-state index is -0.164. The Kier molecular flexibility index (Phi) is 6.12. The van der Waals surface area contributed by atoms with Gasteiger partial charge in [0.25, 0.3) is 5.91 Å². The zero-order valence-corrected chi connectivity index (χ0v) is 17.5. The number of ether oxygens (including phenoxy) is 1. The summed E-state index contributed by atoms with van der Waals surface area (Å²) in [5, 5.41) is 3.19. The van der Waals surface area contributed by atoms with Crippen molar-refractivity contribution in [1.29, 1.82) is 0 Å². The molecule has 0 aliphatic carbocycles. The second-order valence-corrected chi connectivity index (χ2v) is 6.94. The number of anilines is 3. The van der Waals surface area contributed by atoms with Crippen LogP contribution in [0.5, 0.6) is 5.75 Å². The Morgan fingerprint density at radius 3 is 2.48 bits per heavy atom. The quantitative estimate of drug-likeness (QED) is 0.653. The largest absolute Gasteiger partial charge is 0.495 e. The van der Waals surface area contributed by atoms with Crippen LogP contribution in [-0.2, 0) is 0 Å². The van der Waals surface area contributed by atoms with Gasteiger partial charge in [-0.05, 0) is 69.2 Å². The molecule has 0 unspecified atom stereocenters. The number of hydrogen-bond acceptors (Lipinski definition) is 5. The minimum Gasteiger partial charge on any atom is -0.495 e. The number of benzene rings is 2. The van der Waals surface area contributed by atoms with Gasteiger partial charge in [0.2, 0.25) is 5.95 Å². The molecule has 1 aromatic heterocycles. The van der Waals surface area contributed by atoms with Gasteiger partial charge in [0, 0.05) is 17.9 Å². The smallest absolute Gasteiger partial charge is 0.277 e. The van der Waals surface area contributed by atoms with Gasteiger partial charge in [-0.25, -0.2) is 9.97 Å². The molecule has 6 heteroatoms. The van der Waals surface area contributed by atoms with Crippen LogP contribution in [0.1, 0.15) is 34.2 Å². The van der Waals surface area contributed by atoms with E-state index in [9.17, 15) is 4.79 Å². The van der Waals surface area contributed by atoms with E-state index in [1.807, 2.05) is 70.2 Å². The van der Waals surface area contributed by atoms with Gasteiger partial charge in [0.1, 0.15) is 11.4 Å². The molecule has 150 valence electrons. The van der Waals surface area contributed by atoms with E-state index < -0.39 is 0 Å². The zero-order chi connectivity index (χ0) is 21.0. The summed E-state index contributed by atoms with van der Waals surface area (Å²) in [7, 11) is 1.61. The molecule has 3 aromatic rings. The average molecular weight is 390 g/mol. The molecule has 0 radical (unpaired) electrons. The number of aryl methyl sites for hydroxylation is 3. The van der Waals surface area contributed by atoms with Crippen molar-refractivity contribution in [2.75, 3.05) is 23.9 Å². The molecule has 0 aliphatic heterocycles. The number of carbonyl (C=O) groups excluding carboxylic acids is 1. The van der Waals surface area contributed by atoms with Gasteiger partial charge < -0.3 is 15.0 Å². The number of aromatic nitrogens is 2. The summed E-state index contributed by atoms with van der Waals surface area (Å²) < 4.78 is 5.41. The molecule has 0 spiro atoms. The van der Waals surface area contributed by atoms with Crippen LogP contribution in [0, 0.1) is 20.8 Å².